The van der Waals surface area contributed by atoms with Crippen LogP contribution >= 0.6 is 0 Å². The fraction of sp³-hybridized carbons (Fsp3) is 0.214. The van der Waals surface area contributed by atoms with Gasteiger partial charge in [0.2, 0.25) is 5.95 Å². The number of amides is 1. The van der Waals surface area contributed by atoms with Crippen LogP contribution in [-0.4, -0.2) is 34.9 Å². The van der Waals surface area contributed by atoms with Crippen LogP contribution in [0.2, 0.25) is 0 Å². The van der Waals surface area contributed by atoms with E-state index in [1.54, 1.807) is 37.3 Å². The summed E-state index contributed by atoms with van der Waals surface area (Å²) in [5.74, 6) is 0.489. The Morgan fingerprint density at radius 2 is 2.05 bits per heavy atom. The summed E-state index contributed by atoms with van der Waals surface area (Å²) in [5, 5.41) is 3.09. The highest BCUT2D eigenvalue weighted by Gasteiger charge is 2.08. The molecule has 0 radical (unpaired) electrons. The van der Waals surface area contributed by atoms with Gasteiger partial charge in [-0.2, -0.15) is 0 Å². The van der Waals surface area contributed by atoms with Gasteiger partial charge >= 0.3 is 0 Å². The van der Waals surface area contributed by atoms with Crippen LogP contribution in [0.5, 0.6) is 0 Å². The second-order valence-corrected chi connectivity index (χ2v) is 4.43. The number of hydrogen-bond acceptors (Lipinski definition) is 4. The standard InChI is InChI=1S/C14H16N4O/c1-10-7-8-15-14(16-10)17-12-6-4-5-11(9-12)13(19)18(2)3/h4-9H,1-3H3,(H,15,16,17). The Balaban J connectivity index is 2.22. The molecule has 1 amide bonds. The minimum absolute atomic E-state index is 0.0335. The number of anilines is 2. The summed E-state index contributed by atoms with van der Waals surface area (Å²) in [6.07, 6.45) is 1.69. The molecule has 19 heavy (non-hydrogen) atoms. The minimum atomic E-state index is -0.0335. The Morgan fingerprint density at radius 1 is 1.26 bits per heavy atom. The molecule has 2 aromatic rings. The molecular formula is C14H16N4O. The lowest BCUT2D eigenvalue weighted by Gasteiger charge is -2.11. The summed E-state index contributed by atoms with van der Waals surface area (Å²) >= 11 is 0. The molecule has 1 aromatic heterocycles. The van der Waals surface area contributed by atoms with Gasteiger partial charge in [-0.25, -0.2) is 9.97 Å². The van der Waals surface area contributed by atoms with E-state index in [2.05, 4.69) is 15.3 Å². The van der Waals surface area contributed by atoms with Crippen LogP contribution in [-0.2, 0) is 0 Å². The monoisotopic (exact) mass is 256 g/mol. The van der Waals surface area contributed by atoms with Crippen molar-refractivity contribution in [1.29, 1.82) is 0 Å². The van der Waals surface area contributed by atoms with Crippen molar-refractivity contribution in [3.63, 3.8) is 0 Å². The van der Waals surface area contributed by atoms with Crippen LogP contribution in [0.1, 0.15) is 16.1 Å². The fourth-order valence-electron chi connectivity index (χ4n) is 1.63. The first-order chi connectivity index (χ1) is 9.06. The highest BCUT2D eigenvalue weighted by atomic mass is 16.2. The smallest absolute Gasteiger partial charge is 0.253 e. The van der Waals surface area contributed by atoms with E-state index < -0.39 is 0 Å². The molecule has 0 saturated heterocycles. The van der Waals surface area contributed by atoms with Crippen molar-refractivity contribution < 1.29 is 4.79 Å². The molecule has 0 saturated carbocycles. The number of aryl methyl sites for hydroxylation is 1. The summed E-state index contributed by atoms with van der Waals surface area (Å²) in [4.78, 5) is 21.8. The van der Waals surface area contributed by atoms with E-state index in [0.717, 1.165) is 11.4 Å². The first-order valence-electron chi connectivity index (χ1n) is 5.94. The Kier molecular flexibility index (Phi) is 3.75. The highest BCUT2D eigenvalue weighted by Crippen LogP contribution is 2.15. The van der Waals surface area contributed by atoms with Crippen molar-refractivity contribution >= 4 is 17.5 Å². The van der Waals surface area contributed by atoms with E-state index in [-0.39, 0.29) is 5.91 Å². The van der Waals surface area contributed by atoms with Crippen molar-refractivity contribution in [3.8, 4) is 0 Å². The number of hydrogen-bond donors (Lipinski definition) is 1. The molecule has 1 N–H and O–H groups in total. The topological polar surface area (TPSA) is 58.1 Å². The molecular weight excluding hydrogens is 240 g/mol. The third-order valence-electron chi connectivity index (χ3n) is 2.57. The van der Waals surface area contributed by atoms with Gasteiger partial charge in [0.15, 0.2) is 0 Å². The van der Waals surface area contributed by atoms with E-state index >= 15 is 0 Å². The van der Waals surface area contributed by atoms with Crippen molar-refractivity contribution in [2.24, 2.45) is 0 Å². The average Bonchev–Trinajstić information content (AvgIpc) is 2.38. The lowest BCUT2D eigenvalue weighted by molar-refractivity contribution is 0.0827. The lowest BCUT2D eigenvalue weighted by atomic mass is 10.2. The van der Waals surface area contributed by atoms with Crippen LogP contribution in [0.4, 0.5) is 11.6 Å². The Bertz CT molecular complexity index is 596. The zero-order chi connectivity index (χ0) is 13.8. The van der Waals surface area contributed by atoms with E-state index in [1.165, 1.54) is 0 Å². The largest absolute Gasteiger partial charge is 0.345 e. The summed E-state index contributed by atoms with van der Waals surface area (Å²) < 4.78 is 0. The van der Waals surface area contributed by atoms with E-state index in [4.69, 9.17) is 0 Å². The maximum Gasteiger partial charge on any atom is 0.253 e. The average molecular weight is 256 g/mol. The Labute approximate surface area is 112 Å². The van der Waals surface area contributed by atoms with Crippen LogP contribution in [0.3, 0.4) is 0 Å². The highest BCUT2D eigenvalue weighted by molar-refractivity contribution is 5.94. The van der Waals surface area contributed by atoms with Crippen LogP contribution in [0.25, 0.3) is 0 Å². The van der Waals surface area contributed by atoms with Gasteiger partial charge in [0, 0.05) is 37.2 Å². The molecule has 0 aliphatic carbocycles. The van der Waals surface area contributed by atoms with Crippen molar-refractivity contribution in [2.45, 2.75) is 6.92 Å². The zero-order valence-corrected chi connectivity index (χ0v) is 11.2. The molecule has 0 unspecified atom stereocenters. The number of carbonyl (C=O) groups excluding carboxylic acids is 1. The van der Waals surface area contributed by atoms with Gasteiger partial charge in [0.25, 0.3) is 5.91 Å². The fourth-order valence-corrected chi connectivity index (χ4v) is 1.63. The van der Waals surface area contributed by atoms with Crippen molar-refractivity contribution in [2.75, 3.05) is 19.4 Å². The molecule has 0 bridgehead atoms. The first-order valence-corrected chi connectivity index (χ1v) is 5.94. The number of carbonyl (C=O) groups is 1. The van der Waals surface area contributed by atoms with Gasteiger partial charge in [-0.1, -0.05) is 6.07 Å². The summed E-state index contributed by atoms with van der Waals surface area (Å²) in [5.41, 5.74) is 2.30. The number of benzene rings is 1. The minimum Gasteiger partial charge on any atom is -0.345 e. The SMILES string of the molecule is Cc1ccnc(Nc2cccc(C(=O)N(C)C)c2)n1. The van der Waals surface area contributed by atoms with E-state index in [1.807, 2.05) is 25.1 Å². The van der Waals surface area contributed by atoms with Crippen LogP contribution in [0, 0.1) is 6.92 Å². The number of aromatic nitrogens is 2. The molecule has 5 heteroatoms. The summed E-state index contributed by atoms with van der Waals surface area (Å²) in [6.45, 7) is 1.90. The molecule has 0 spiro atoms. The van der Waals surface area contributed by atoms with E-state index in [9.17, 15) is 4.79 Å². The molecule has 0 aliphatic heterocycles. The number of nitrogens with zero attached hydrogens (tertiary/aromatic N) is 3. The maximum atomic E-state index is 11.9. The number of rotatable bonds is 3. The predicted molar refractivity (Wildman–Crippen MR) is 74.5 cm³/mol. The molecule has 1 heterocycles. The molecule has 0 fully saturated rings. The van der Waals surface area contributed by atoms with Gasteiger partial charge in [-0.15, -0.1) is 0 Å². The second kappa shape index (κ2) is 5.48. The Morgan fingerprint density at radius 3 is 2.74 bits per heavy atom. The molecule has 0 atom stereocenters. The Hall–Kier alpha value is -2.43. The quantitative estimate of drug-likeness (QED) is 0.915. The van der Waals surface area contributed by atoms with Gasteiger partial charge in [-0.3, -0.25) is 4.79 Å². The van der Waals surface area contributed by atoms with Gasteiger partial charge < -0.3 is 10.2 Å². The van der Waals surface area contributed by atoms with Crippen molar-refractivity contribution in [3.05, 3.63) is 47.8 Å². The van der Waals surface area contributed by atoms with Crippen LogP contribution in [0.15, 0.2) is 36.5 Å². The van der Waals surface area contributed by atoms with Gasteiger partial charge in [0.05, 0.1) is 0 Å². The number of nitrogens with one attached hydrogen (secondary N) is 1. The summed E-state index contributed by atoms with van der Waals surface area (Å²) in [7, 11) is 3.46. The predicted octanol–water partition coefficient (Wildman–Crippen LogP) is 2.23. The normalized spacial score (nSPS) is 10.1. The van der Waals surface area contributed by atoms with E-state index in [0.29, 0.717) is 11.5 Å². The third-order valence-corrected chi connectivity index (χ3v) is 2.57. The zero-order valence-electron chi connectivity index (χ0n) is 11.2. The van der Waals surface area contributed by atoms with Crippen molar-refractivity contribution in [1.82, 2.24) is 14.9 Å². The van der Waals surface area contributed by atoms with Gasteiger partial charge in [-0.05, 0) is 31.2 Å². The third kappa shape index (κ3) is 3.28. The first kappa shape index (κ1) is 13.0. The summed E-state index contributed by atoms with van der Waals surface area (Å²) in [6, 6.07) is 9.10. The second-order valence-electron chi connectivity index (χ2n) is 4.43. The maximum absolute atomic E-state index is 11.9. The lowest BCUT2D eigenvalue weighted by Crippen LogP contribution is -2.21. The molecule has 0 aliphatic rings. The van der Waals surface area contributed by atoms with Crippen LogP contribution < -0.4 is 5.32 Å². The molecule has 5 nitrogen and oxygen atoms in total. The van der Waals surface area contributed by atoms with Gasteiger partial charge in [0.1, 0.15) is 0 Å². The molecule has 1 aromatic carbocycles. The molecule has 98 valence electrons. The molecule has 2 rings (SSSR count).